The van der Waals surface area contributed by atoms with Crippen LogP contribution in [-0.2, 0) is 6.54 Å². The van der Waals surface area contributed by atoms with Crippen LogP contribution in [0.5, 0.6) is 5.75 Å². The van der Waals surface area contributed by atoms with Crippen LogP contribution < -0.4 is 10.5 Å². The molecule has 1 aliphatic heterocycles. The van der Waals surface area contributed by atoms with Crippen LogP contribution in [0.1, 0.15) is 16.1 Å². The first-order valence-corrected chi connectivity index (χ1v) is 10.4. The summed E-state index contributed by atoms with van der Waals surface area (Å²) in [6, 6.07) is 13.9. The minimum absolute atomic E-state index is 0.134. The van der Waals surface area contributed by atoms with Gasteiger partial charge in [-0.3, -0.25) is 9.69 Å². The zero-order valence-corrected chi connectivity index (χ0v) is 17.7. The normalized spacial score (nSPS) is 14.9. The fraction of sp³-hybridized carbons (Fsp3) is 0.261. The van der Waals surface area contributed by atoms with Crippen molar-refractivity contribution in [2.24, 2.45) is 0 Å². The molecule has 0 bridgehead atoms. The number of fused-ring (bicyclic) bond motifs is 3. The Bertz CT molecular complexity index is 1300. The molecule has 9 heteroatoms. The minimum atomic E-state index is -0.237. The number of ether oxygens (including phenoxy) is 1. The molecule has 1 saturated heterocycles. The molecule has 1 fully saturated rings. The lowest BCUT2D eigenvalue weighted by molar-refractivity contribution is 0.0622. The summed E-state index contributed by atoms with van der Waals surface area (Å²) >= 11 is 0. The summed E-state index contributed by atoms with van der Waals surface area (Å²) < 4.78 is 20.0. The third kappa shape index (κ3) is 3.60. The van der Waals surface area contributed by atoms with Crippen LogP contribution in [0.3, 0.4) is 0 Å². The maximum absolute atomic E-state index is 13.1. The van der Waals surface area contributed by atoms with Crippen molar-refractivity contribution in [3.8, 4) is 5.75 Å². The van der Waals surface area contributed by atoms with Crippen molar-refractivity contribution >= 4 is 28.3 Å². The van der Waals surface area contributed by atoms with Gasteiger partial charge in [-0.1, -0.05) is 24.3 Å². The SMILES string of the molecule is COc1cccc2c1nc(N)n1nc(C(=O)N3CCN(Cc4ccc(F)cc4)CC3)cc21. The number of para-hydroxylation sites is 1. The van der Waals surface area contributed by atoms with E-state index in [1.165, 1.54) is 16.6 Å². The summed E-state index contributed by atoms with van der Waals surface area (Å²) in [5.74, 6) is 0.437. The Hall–Kier alpha value is -3.72. The number of nitrogen functional groups attached to an aromatic ring is 1. The van der Waals surface area contributed by atoms with E-state index >= 15 is 0 Å². The summed E-state index contributed by atoms with van der Waals surface area (Å²) in [5, 5.41) is 5.25. The van der Waals surface area contributed by atoms with Gasteiger partial charge in [-0.25, -0.2) is 9.37 Å². The molecule has 0 spiro atoms. The van der Waals surface area contributed by atoms with Gasteiger partial charge in [0.25, 0.3) is 5.91 Å². The van der Waals surface area contributed by atoms with Gasteiger partial charge >= 0.3 is 0 Å². The number of benzene rings is 2. The monoisotopic (exact) mass is 434 g/mol. The van der Waals surface area contributed by atoms with Crippen molar-refractivity contribution in [1.29, 1.82) is 0 Å². The topological polar surface area (TPSA) is 89.0 Å². The Kier molecular flexibility index (Phi) is 5.10. The van der Waals surface area contributed by atoms with Gasteiger partial charge in [-0.05, 0) is 29.8 Å². The number of anilines is 1. The number of nitrogens with zero attached hydrogens (tertiary/aromatic N) is 5. The molecule has 1 amide bonds. The molecule has 5 rings (SSSR count). The number of hydrogen-bond donors (Lipinski definition) is 1. The van der Waals surface area contributed by atoms with Crippen molar-refractivity contribution in [3.05, 3.63) is 65.6 Å². The first-order chi connectivity index (χ1) is 15.5. The molecule has 164 valence electrons. The standard InChI is InChI=1S/C23H23FN6O2/c1-32-20-4-2-3-17-19-13-18(27-30(19)23(25)26-21(17)20)22(31)29-11-9-28(10-12-29)14-15-5-7-16(24)8-6-15/h2-8,13H,9-12,14H2,1H3,(H2,25,26). The van der Waals surface area contributed by atoms with Crippen LogP contribution in [0.4, 0.5) is 10.3 Å². The highest BCUT2D eigenvalue weighted by Crippen LogP contribution is 2.29. The first kappa shape index (κ1) is 20.2. The molecule has 2 aromatic carbocycles. The van der Waals surface area contributed by atoms with E-state index in [1.807, 2.05) is 18.2 Å². The molecule has 0 radical (unpaired) electrons. The number of nitrogens with two attached hydrogens (primary N) is 1. The Morgan fingerprint density at radius 1 is 1.12 bits per heavy atom. The molecule has 0 unspecified atom stereocenters. The number of carbonyl (C=O) groups is 1. The largest absolute Gasteiger partial charge is 0.494 e. The van der Waals surface area contributed by atoms with E-state index in [0.29, 0.717) is 35.6 Å². The van der Waals surface area contributed by atoms with Gasteiger partial charge in [-0.2, -0.15) is 9.61 Å². The zero-order valence-electron chi connectivity index (χ0n) is 17.7. The second-order valence-corrected chi connectivity index (χ2v) is 7.85. The molecule has 0 saturated carbocycles. The van der Waals surface area contributed by atoms with Crippen LogP contribution in [0, 0.1) is 5.82 Å². The molecule has 2 aromatic heterocycles. The Morgan fingerprint density at radius 3 is 2.59 bits per heavy atom. The Balaban J connectivity index is 1.34. The van der Waals surface area contributed by atoms with Crippen LogP contribution in [0.25, 0.3) is 16.4 Å². The predicted octanol–water partition coefficient (Wildman–Crippen LogP) is 2.57. The summed E-state index contributed by atoms with van der Waals surface area (Å²) in [6.07, 6.45) is 0. The molecular formula is C23H23FN6O2. The number of hydrogen-bond acceptors (Lipinski definition) is 6. The van der Waals surface area contributed by atoms with Crippen LogP contribution in [0.2, 0.25) is 0 Å². The number of rotatable bonds is 4. The Morgan fingerprint density at radius 2 is 1.88 bits per heavy atom. The van der Waals surface area contributed by atoms with Crippen LogP contribution in [-0.4, -0.2) is 63.6 Å². The number of halogens is 1. The van der Waals surface area contributed by atoms with Gasteiger partial charge in [0.2, 0.25) is 5.95 Å². The predicted molar refractivity (Wildman–Crippen MR) is 119 cm³/mol. The molecule has 8 nitrogen and oxygen atoms in total. The highest BCUT2D eigenvalue weighted by Gasteiger charge is 2.25. The van der Waals surface area contributed by atoms with Gasteiger partial charge in [0, 0.05) is 38.1 Å². The zero-order chi connectivity index (χ0) is 22.2. The lowest BCUT2D eigenvalue weighted by Gasteiger charge is -2.34. The lowest BCUT2D eigenvalue weighted by Crippen LogP contribution is -2.48. The van der Waals surface area contributed by atoms with Gasteiger partial charge in [0.05, 0.1) is 12.6 Å². The van der Waals surface area contributed by atoms with E-state index in [2.05, 4.69) is 15.0 Å². The van der Waals surface area contributed by atoms with Gasteiger partial charge in [-0.15, -0.1) is 0 Å². The molecule has 32 heavy (non-hydrogen) atoms. The maximum Gasteiger partial charge on any atom is 0.274 e. The summed E-state index contributed by atoms with van der Waals surface area (Å²) in [7, 11) is 1.58. The number of amides is 1. The van der Waals surface area contributed by atoms with Gasteiger partial charge in [0.1, 0.15) is 17.1 Å². The third-order valence-electron chi connectivity index (χ3n) is 5.85. The number of methoxy groups -OCH3 is 1. The minimum Gasteiger partial charge on any atom is -0.494 e. The molecule has 2 N–H and O–H groups in total. The van der Waals surface area contributed by atoms with E-state index in [0.717, 1.165) is 30.6 Å². The van der Waals surface area contributed by atoms with E-state index in [1.54, 1.807) is 30.2 Å². The van der Waals surface area contributed by atoms with Crippen molar-refractivity contribution < 1.29 is 13.9 Å². The van der Waals surface area contributed by atoms with E-state index < -0.39 is 0 Å². The van der Waals surface area contributed by atoms with Gasteiger partial charge in [0.15, 0.2) is 5.69 Å². The molecule has 0 atom stereocenters. The summed E-state index contributed by atoms with van der Waals surface area (Å²) in [6.45, 7) is 3.39. The van der Waals surface area contributed by atoms with Gasteiger partial charge < -0.3 is 15.4 Å². The summed E-state index contributed by atoms with van der Waals surface area (Å²) in [4.78, 5) is 21.6. The van der Waals surface area contributed by atoms with Crippen molar-refractivity contribution in [1.82, 2.24) is 24.4 Å². The molecular weight excluding hydrogens is 411 g/mol. The van der Waals surface area contributed by atoms with Crippen LogP contribution >= 0.6 is 0 Å². The maximum atomic E-state index is 13.1. The molecule has 4 aromatic rings. The van der Waals surface area contributed by atoms with Crippen molar-refractivity contribution in [2.75, 3.05) is 39.0 Å². The smallest absolute Gasteiger partial charge is 0.274 e. The Labute approximate surface area is 184 Å². The highest BCUT2D eigenvalue weighted by atomic mass is 19.1. The van der Waals surface area contributed by atoms with Crippen molar-refractivity contribution in [3.63, 3.8) is 0 Å². The highest BCUT2D eigenvalue weighted by molar-refractivity contribution is 6.01. The number of aromatic nitrogens is 3. The molecule has 1 aliphatic rings. The fourth-order valence-corrected chi connectivity index (χ4v) is 4.14. The lowest BCUT2D eigenvalue weighted by atomic mass is 10.2. The van der Waals surface area contributed by atoms with Crippen molar-refractivity contribution in [2.45, 2.75) is 6.54 Å². The second kappa shape index (κ2) is 8.08. The third-order valence-corrected chi connectivity index (χ3v) is 5.85. The van der Waals surface area contributed by atoms with Crippen LogP contribution in [0.15, 0.2) is 48.5 Å². The fourth-order valence-electron chi connectivity index (χ4n) is 4.14. The average Bonchev–Trinajstić information content (AvgIpc) is 3.27. The molecule has 3 heterocycles. The van der Waals surface area contributed by atoms with E-state index in [9.17, 15) is 9.18 Å². The summed E-state index contributed by atoms with van der Waals surface area (Å²) in [5.41, 5.74) is 8.85. The van der Waals surface area contributed by atoms with E-state index in [4.69, 9.17) is 10.5 Å². The number of piperazine rings is 1. The second-order valence-electron chi connectivity index (χ2n) is 7.85. The average molecular weight is 434 g/mol. The number of carbonyl (C=O) groups excluding carboxylic acids is 1. The molecule has 0 aliphatic carbocycles. The first-order valence-electron chi connectivity index (χ1n) is 10.4. The quantitative estimate of drug-likeness (QED) is 0.531. The van der Waals surface area contributed by atoms with E-state index in [-0.39, 0.29) is 17.7 Å².